The summed E-state index contributed by atoms with van der Waals surface area (Å²) in [6.45, 7) is 9.59. The molecule has 2 heterocycles. The molecule has 1 aromatic heterocycles. The Kier molecular flexibility index (Phi) is 4.63. The molecule has 0 radical (unpaired) electrons. The molecule has 2 rings (SSSR count). The van der Waals surface area contributed by atoms with E-state index >= 15 is 0 Å². The average molecular weight is 275 g/mol. The highest BCUT2D eigenvalue weighted by Gasteiger charge is 2.25. The molecule has 0 bridgehead atoms. The summed E-state index contributed by atoms with van der Waals surface area (Å²) >= 11 is 0. The number of amides is 1. The summed E-state index contributed by atoms with van der Waals surface area (Å²) < 4.78 is 0. The van der Waals surface area contributed by atoms with Crippen molar-refractivity contribution >= 4 is 12.2 Å². The molecule has 1 atom stereocenters. The van der Waals surface area contributed by atoms with Crippen LogP contribution in [0.25, 0.3) is 0 Å². The fraction of sp³-hybridized carbons (Fsp3) is 0.625. The van der Waals surface area contributed by atoms with Crippen LogP contribution in [0.2, 0.25) is 0 Å². The van der Waals surface area contributed by atoms with E-state index in [9.17, 15) is 4.79 Å². The highest BCUT2D eigenvalue weighted by molar-refractivity contribution is 5.50. The van der Waals surface area contributed by atoms with Crippen LogP contribution >= 0.6 is 0 Å². The molecule has 0 aromatic carbocycles. The summed E-state index contributed by atoms with van der Waals surface area (Å²) in [5, 5.41) is 0. The second-order valence-corrected chi connectivity index (χ2v) is 6.05. The van der Waals surface area contributed by atoms with Crippen molar-refractivity contribution < 1.29 is 4.79 Å². The van der Waals surface area contributed by atoms with Gasteiger partial charge in [0.05, 0.1) is 6.04 Å². The van der Waals surface area contributed by atoms with Gasteiger partial charge in [0.25, 0.3) is 0 Å². The number of hydrogen-bond acceptors (Lipinski definition) is 3. The summed E-state index contributed by atoms with van der Waals surface area (Å²) in [6.07, 6.45) is 5.01. The SMILES string of the molecule is CC(C)N(c1ccc([C@@H]2CCCN2C=O)cn1)C(C)C. The zero-order valence-electron chi connectivity index (χ0n) is 12.9. The standard InChI is InChI=1S/C16H25N3O/c1-12(2)19(13(3)4)16-8-7-14(10-17-16)15-6-5-9-18(15)11-20/h7-8,10-13,15H,5-6,9H2,1-4H3/t15-/m0/s1. The number of rotatable bonds is 5. The maximum atomic E-state index is 11.0. The lowest BCUT2D eigenvalue weighted by molar-refractivity contribution is -0.118. The normalized spacial score (nSPS) is 18.9. The van der Waals surface area contributed by atoms with Gasteiger partial charge < -0.3 is 9.80 Å². The number of carbonyl (C=O) groups is 1. The maximum Gasteiger partial charge on any atom is 0.210 e. The topological polar surface area (TPSA) is 36.4 Å². The largest absolute Gasteiger partial charge is 0.352 e. The molecule has 110 valence electrons. The molecule has 1 amide bonds. The molecular formula is C16H25N3O. The second-order valence-electron chi connectivity index (χ2n) is 6.05. The number of pyridine rings is 1. The zero-order valence-corrected chi connectivity index (χ0v) is 12.9. The van der Waals surface area contributed by atoms with Crippen LogP contribution in [0, 0.1) is 0 Å². The lowest BCUT2D eigenvalue weighted by Gasteiger charge is -2.32. The van der Waals surface area contributed by atoms with Gasteiger partial charge in [0, 0.05) is 24.8 Å². The third-order valence-electron chi connectivity index (χ3n) is 3.96. The fourth-order valence-corrected chi connectivity index (χ4v) is 3.15. The van der Waals surface area contributed by atoms with Gasteiger partial charge in [-0.3, -0.25) is 4.79 Å². The van der Waals surface area contributed by atoms with E-state index in [1.165, 1.54) is 0 Å². The van der Waals surface area contributed by atoms with Gasteiger partial charge in [-0.25, -0.2) is 4.98 Å². The smallest absolute Gasteiger partial charge is 0.210 e. The third kappa shape index (κ3) is 2.94. The van der Waals surface area contributed by atoms with Crippen molar-refractivity contribution in [1.29, 1.82) is 0 Å². The first kappa shape index (κ1) is 14.8. The molecule has 20 heavy (non-hydrogen) atoms. The van der Waals surface area contributed by atoms with Crippen molar-refractivity contribution in [2.45, 2.75) is 58.7 Å². The van der Waals surface area contributed by atoms with Crippen LogP contribution in [0.1, 0.15) is 52.1 Å². The van der Waals surface area contributed by atoms with Crippen molar-refractivity contribution in [2.24, 2.45) is 0 Å². The molecule has 1 fully saturated rings. The van der Waals surface area contributed by atoms with Crippen LogP contribution in [0.15, 0.2) is 18.3 Å². The van der Waals surface area contributed by atoms with Crippen molar-refractivity contribution in [3.05, 3.63) is 23.9 Å². The van der Waals surface area contributed by atoms with Gasteiger partial charge >= 0.3 is 0 Å². The Labute approximate surface area is 121 Å². The molecule has 0 N–H and O–H groups in total. The van der Waals surface area contributed by atoms with Crippen LogP contribution in [-0.4, -0.2) is 34.9 Å². The Morgan fingerprint density at radius 3 is 2.50 bits per heavy atom. The predicted molar refractivity (Wildman–Crippen MR) is 81.7 cm³/mol. The van der Waals surface area contributed by atoms with E-state index in [2.05, 4.69) is 49.7 Å². The molecule has 0 saturated carbocycles. The van der Waals surface area contributed by atoms with Crippen LogP contribution < -0.4 is 4.90 Å². The monoisotopic (exact) mass is 275 g/mol. The number of aromatic nitrogens is 1. The third-order valence-corrected chi connectivity index (χ3v) is 3.96. The molecule has 1 aliphatic rings. The van der Waals surface area contributed by atoms with Gasteiger partial charge in [0.1, 0.15) is 5.82 Å². The minimum absolute atomic E-state index is 0.209. The highest BCUT2D eigenvalue weighted by atomic mass is 16.1. The molecule has 0 unspecified atom stereocenters. The lowest BCUT2D eigenvalue weighted by Crippen LogP contribution is -2.37. The van der Waals surface area contributed by atoms with Gasteiger partial charge in [-0.1, -0.05) is 6.07 Å². The van der Waals surface area contributed by atoms with Crippen molar-refractivity contribution in [3.63, 3.8) is 0 Å². The van der Waals surface area contributed by atoms with Crippen molar-refractivity contribution in [1.82, 2.24) is 9.88 Å². The molecular weight excluding hydrogens is 250 g/mol. The van der Waals surface area contributed by atoms with Crippen LogP contribution in [0.5, 0.6) is 0 Å². The number of hydrogen-bond donors (Lipinski definition) is 0. The van der Waals surface area contributed by atoms with E-state index in [1.54, 1.807) is 0 Å². The van der Waals surface area contributed by atoms with Gasteiger partial charge in [0.15, 0.2) is 0 Å². The van der Waals surface area contributed by atoms with E-state index in [-0.39, 0.29) is 6.04 Å². The van der Waals surface area contributed by atoms with Gasteiger partial charge in [-0.2, -0.15) is 0 Å². The van der Waals surface area contributed by atoms with Crippen LogP contribution in [0.3, 0.4) is 0 Å². The molecule has 1 aliphatic heterocycles. The first-order chi connectivity index (χ1) is 9.54. The molecule has 0 aliphatic carbocycles. The molecule has 0 spiro atoms. The Hall–Kier alpha value is -1.58. The minimum Gasteiger partial charge on any atom is -0.352 e. The zero-order chi connectivity index (χ0) is 14.7. The Balaban J connectivity index is 2.19. The summed E-state index contributed by atoms with van der Waals surface area (Å²) in [6, 6.07) is 5.25. The molecule has 1 saturated heterocycles. The van der Waals surface area contributed by atoms with Gasteiger partial charge in [-0.05, 0) is 52.2 Å². The molecule has 4 nitrogen and oxygen atoms in total. The Bertz CT molecular complexity index is 434. The van der Waals surface area contributed by atoms with E-state index in [0.717, 1.165) is 37.2 Å². The maximum absolute atomic E-state index is 11.0. The quantitative estimate of drug-likeness (QED) is 0.775. The van der Waals surface area contributed by atoms with Crippen LogP contribution in [-0.2, 0) is 4.79 Å². The van der Waals surface area contributed by atoms with E-state index in [1.807, 2.05) is 11.1 Å². The van der Waals surface area contributed by atoms with E-state index in [0.29, 0.717) is 12.1 Å². The first-order valence-corrected chi connectivity index (χ1v) is 7.50. The highest BCUT2D eigenvalue weighted by Crippen LogP contribution is 2.31. The van der Waals surface area contributed by atoms with Crippen molar-refractivity contribution in [3.8, 4) is 0 Å². The predicted octanol–water partition coefficient (Wildman–Crippen LogP) is 3.00. The first-order valence-electron chi connectivity index (χ1n) is 7.50. The Morgan fingerprint density at radius 1 is 1.30 bits per heavy atom. The Morgan fingerprint density at radius 2 is 2.00 bits per heavy atom. The molecule has 1 aromatic rings. The van der Waals surface area contributed by atoms with E-state index in [4.69, 9.17) is 0 Å². The molecule has 4 heteroatoms. The lowest BCUT2D eigenvalue weighted by atomic mass is 10.1. The van der Waals surface area contributed by atoms with Crippen LogP contribution in [0.4, 0.5) is 5.82 Å². The number of carbonyl (C=O) groups excluding carboxylic acids is 1. The summed E-state index contributed by atoms with van der Waals surface area (Å²) in [7, 11) is 0. The summed E-state index contributed by atoms with van der Waals surface area (Å²) in [5.74, 6) is 1.01. The van der Waals surface area contributed by atoms with Gasteiger partial charge in [-0.15, -0.1) is 0 Å². The fourth-order valence-electron chi connectivity index (χ4n) is 3.15. The summed E-state index contributed by atoms with van der Waals surface area (Å²) in [4.78, 5) is 19.8. The summed E-state index contributed by atoms with van der Waals surface area (Å²) in [5.41, 5.74) is 1.14. The number of likely N-dealkylation sites (tertiary alicyclic amines) is 1. The van der Waals surface area contributed by atoms with Gasteiger partial charge in [0.2, 0.25) is 6.41 Å². The number of nitrogens with zero attached hydrogens (tertiary/aromatic N) is 3. The van der Waals surface area contributed by atoms with Crippen molar-refractivity contribution in [2.75, 3.05) is 11.4 Å². The minimum atomic E-state index is 0.209. The number of anilines is 1. The van der Waals surface area contributed by atoms with E-state index < -0.39 is 0 Å². The average Bonchev–Trinajstić information content (AvgIpc) is 2.87. The second kappa shape index (κ2) is 6.25.